The first-order chi connectivity index (χ1) is 14.3. The van der Waals surface area contributed by atoms with Crippen molar-refractivity contribution in [2.45, 2.75) is 112 Å². The first-order valence-electron chi connectivity index (χ1n) is 13.4. The topological polar surface area (TPSA) is 17.1 Å². The molecule has 0 aromatic rings. The molecule has 170 valence electrons. The zero-order valence-electron chi connectivity index (χ0n) is 20.6. The molecule has 0 radical (unpaired) electrons. The third-order valence-corrected chi connectivity index (χ3v) is 11.1. The zero-order chi connectivity index (χ0) is 21.5. The van der Waals surface area contributed by atoms with Gasteiger partial charge in [0.05, 0.1) is 0 Å². The van der Waals surface area contributed by atoms with Crippen molar-refractivity contribution in [3.63, 3.8) is 0 Å². The summed E-state index contributed by atoms with van der Waals surface area (Å²) in [6.45, 7) is 12.7. The summed E-state index contributed by atoms with van der Waals surface area (Å²) in [5.74, 6) is 6.47. The summed E-state index contributed by atoms with van der Waals surface area (Å²) >= 11 is 0. The second kappa shape index (κ2) is 8.74. The van der Waals surface area contributed by atoms with Gasteiger partial charge in [0.25, 0.3) is 0 Å². The minimum atomic E-state index is 0.533. The fourth-order valence-electron chi connectivity index (χ4n) is 9.38. The molecule has 1 nitrogen and oxygen atoms in total. The number of rotatable bonds is 6. The van der Waals surface area contributed by atoms with Gasteiger partial charge in [-0.1, -0.05) is 59.5 Å². The quantitative estimate of drug-likeness (QED) is 0.317. The number of fused-ring (bicyclic) bond motifs is 5. The molecule has 0 bridgehead atoms. The third-order valence-electron chi connectivity index (χ3n) is 11.1. The molecule has 0 spiro atoms. The number of allylic oxidation sites excluding steroid dienone is 2. The van der Waals surface area contributed by atoms with Gasteiger partial charge in [-0.3, -0.25) is 4.79 Å². The van der Waals surface area contributed by atoms with E-state index in [0.717, 1.165) is 47.7 Å². The van der Waals surface area contributed by atoms with Gasteiger partial charge in [0.15, 0.2) is 0 Å². The lowest BCUT2D eigenvalue weighted by Crippen LogP contribution is -2.53. The first-order valence-corrected chi connectivity index (χ1v) is 13.4. The number of aldehydes is 1. The van der Waals surface area contributed by atoms with Crippen LogP contribution in [0, 0.1) is 52.3 Å². The fourth-order valence-corrected chi connectivity index (χ4v) is 9.38. The van der Waals surface area contributed by atoms with Crippen molar-refractivity contribution in [1.29, 1.82) is 0 Å². The molecule has 0 aliphatic heterocycles. The average Bonchev–Trinajstić information content (AvgIpc) is 3.05. The van der Waals surface area contributed by atoms with Crippen LogP contribution in [0.2, 0.25) is 0 Å². The molecular weight excluding hydrogens is 364 g/mol. The molecule has 0 aromatic heterocycles. The number of carbonyl (C=O) groups excluding carboxylic acids is 1. The Labute approximate surface area is 186 Å². The van der Waals surface area contributed by atoms with Crippen LogP contribution in [0.3, 0.4) is 0 Å². The highest BCUT2D eigenvalue weighted by molar-refractivity contribution is 5.66. The maximum absolute atomic E-state index is 11.0. The molecule has 1 heteroatoms. The van der Waals surface area contributed by atoms with Crippen LogP contribution in [0.25, 0.3) is 0 Å². The van der Waals surface area contributed by atoms with E-state index in [4.69, 9.17) is 0 Å². The molecule has 4 rings (SSSR count). The molecule has 8 atom stereocenters. The van der Waals surface area contributed by atoms with E-state index in [2.05, 4.69) is 34.6 Å². The number of hydrogen-bond donors (Lipinski definition) is 0. The van der Waals surface area contributed by atoms with E-state index in [0.29, 0.717) is 10.8 Å². The van der Waals surface area contributed by atoms with Crippen LogP contribution < -0.4 is 0 Å². The summed E-state index contributed by atoms with van der Waals surface area (Å²) in [6, 6.07) is 0. The van der Waals surface area contributed by atoms with Gasteiger partial charge in [-0.15, -0.1) is 0 Å². The van der Waals surface area contributed by atoms with E-state index < -0.39 is 0 Å². The van der Waals surface area contributed by atoms with Gasteiger partial charge in [-0.2, -0.15) is 0 Å². The maximum Gasteiger partial charge on any atom is 0.142 e. The third kappa shape index (κ3) is 3.86. The molecule has 4 fully saturated rings. The summed E-state index contributed by atoms with van der Waals surface area (Å²) in [6.07, 6.45) is 19.7. The van der Waals surface area contributed by atoms with E-state index in [1.807, 2.05) is 6.08 Å². The smallest absolute Gasteiger partial charge is 0.142 e. The van der Waals surface area contributed by atoms with Gasteiger partial charge < -0.3 is 0 Å². The first kappa shape index (κ1) is 22.6. The van der Waals surface area contributed by atoms with Crippen molar-refractivity contribution in [3.05, 3.63) is 11.6 Å². The Morgan fingerprint density at radius 1 is 0.933 bits per heavy atom. The second-order valence-corrected chi connectivity index (χ2v) is 12.9. The van der Waals surface area contributed by atoms with Crippen LogP contribution in [0.1, 0.15) is 112 Å². The van der Waals surface area contributed by atoms with Crippen LogP contribution in [-0.4, -0.2) is 6.29 Å². The second-order valence-electron chi connectivity index (χ2n) is 12.9. The highest BCUT2D eigenvalue weighted by Gasteiger charge is 2.60. The SMILES string of the molecule is CC(C)CCCC(C)C1CCC2C3CCC4C/C(=C/C=O)CCC4(C)C3CCC12C. The minimum absolute atomic E-state index is 0.533. The molecule has 4 saturated carbocycles. The van der Waals surface area contributed by atoms with Crippen molar-refractivity contribution >= 4 is 6.29 Å². The van der Waals surface area contributed by atoms with Crippen molar-refractivity contribution < 1.29 is 4.79 Å². The monoisotopic (exact) mass is 412 g/mol. The van der Waals surface area contributed by atoms with E-state index >= 15 is 0 Å². The van der Waals surface area contributed by atoms with Crippen molar-refractivity contribution in [3.8, 4) is 0 Å². The van der Waals surface area contributed by atoms with E-state index in [-0.39, 0.29) is 0 Å². The molecular formula is C29H48O. The average molecular weight is 413 g/mol. The predicted octanol–water partition coefficient (Wildman–Crippen LogP) is 8.23. The molecule has 0 heterocycles. The molecule has 0 aromatic carbocycles. The van der Waals surface area contributed by atoms with Crippen LogP contribution >= 0.6 is 0 Å². The summed E-state index contributed by atoms with van der Waals surface area (Å²) in [5.41, 5.74) is 2.58. The lowest BCUT2D eigenvalue weighted by atomic mass is 9.44. The van der Waals surface area contributed by atoms with Gasteiger partial charge in [-0.05, 0) is 116 Å². The minimum Gasteiger partial charge on any atom is -0.299 e. The molecule has 30 heavy (non-hydrogen) atoms. The Bertz CT molecular complexity index is 647. The highest BCUT2D eigenvalue weighted by Crippen LogP contribution is 2.68. The van der Waals surface area contributed by atoms with Crippen LogP contribution in [-0.2, 0) is 4.79 Å². The normalized spacial score (nSPS) is 45.7. The zero-order valence-corrected chi connectivity index (χ0v) is 20.6. The maximum atomic E-state index is 11.0. The highest BCUT2D eigenvalue weighted by atomic mass is 16.1. The standard InChI is InChI=1S/C29H48O/c1-20(2)7-6-8-21(3)25-11-12-26-24-10-9-23-19-22(15-18-30)13-16-28(23,4)27(24)14-17-29(25,26)5/h15,18,20-21,23-27H,6-14,16-17,19H2,1-5H3/b22-15+. The summed E-state index contributed by atoms with van der Waals surface area (Å²) < 4.78 is 0. The lowest BCUT2D eigenvalue weighted by Gasteiger charge is -2.61. The molecule has 0 N–H and O–H groups in total. The van der Waals surface area contributed by atoms with Gasteiger partial charge in [0, 0.05) is 0 Å². The molecule has 8 unspecified atom stereocenters. The van der Waals surface area contributed by atoms with Gasteiger partial charge in [0.1, 0.15) is 6.29 Å². The summed E-state index contributed by atoms with van der Waals surface area (Å²) in [7, 11) is 0. The number of hydrogen-bond acceptors (Lipinski definition) is 1. The Kier molecular flexibility index (Phi) is 6.59. The van der Waals surface area contributed by atoms with Crippen LogP contribution in [0.4, 0.5) is 0 Å². The molecule has 0 amide bonds. The Morgan fingerprint density at radius 3 is 2.43 bits per heavy atom. The van der Waals surface area contributed by atoms with Gasteiger partial charge in [0.2, 0.25) is 0 Å². The Hall–Kier alpha value is -0.590. The van der Waals surface area contributed by atoms with Crippen LogP contribution in [0.5, 0.6) is 0 Å². The van der Waals surface area contributed by atoms with Crippen LogP contribution in [0.15, 0.2) is 11.6 Å². The van der Waals surface area contributed by atoms with E-state index in [1.54, 1.807) is 0 Å². The van der Waals surface area contributed by atoms with E-state index in [1.165, 1.54) is 82.6 Å². The number of carbonyl (C=O) groups is 1. The van der Waals surface area contributed by atoms with Crippen molar-refractivity contribution in [2.24, 2.45) is 52.3 Å². The van der Waals surface area contributed by atoms with Crippen molar-refractivity contribution in [1.82, 2.24) is 0 Å². The Morgan fingerprint density at radius 2 is 1.70 bits per heavy atom. The summed E-state index contributed by atoms with van der Waals surface area (Å²) in [4.78, 5) is 11.0. The largest absolute Gasteiger partial charge is 0.299 e. The fraction of sp³-hybridized carbons (Fsp3) is 0.897. The van der Waals surface area contributed by atoms with Crippen molar-refractivity contribution in [2.75, 3.05) is 0 Å². The lowest BCUT2D eigenvalue weighted by molar-refractivity contribution is -0.109. The van der Waals surface area contributed by atoms with Gasteiger partial charge >= 0.3 is 0 Å². The molecule has 4 aliphatic carbocycles. The van der Waals surface area contributed by atoms with E-state index in [9.17, 15) is 4.79 Å². The van der Waals surface area contributed by atoms with Gasteiger partial charge in [-0.25, -0.2) is 0 Å². The Balaban J connectivity index is 1.46. The summed E-state index contributed by atoms with van der Waals surface area (Å²) in [5, 5.41) is 0. The molecule has 4 aliphatic rings. The molecule has 0 saturated heterocycles. The predicted molar refractivity (Wildman–Crippen MR) is 127 cm³/mol.